The van der Waals surface area contributed by atoms with Crippen molar-refractivity contribution < 1.29 is 0 Å². The molecule has 0 aliphatic heterocycles. The molecule has 4 rings (SSSR count). The van der Waals surface area contributed by atoms with Gasteiger partial charge >= 0.3 is 0 Å². The highest BCUT2D eigenvalue weighted by Crippen LogP contribution is 2.50. The van der Waals surface area contributed by atoms with E-state index in [1.54, 1.807) is 0 Å². The Morgan fingerprint density at radius 1 is 0.700 bits per heavy atom. The Kier molecular flexibility index (Phi) is 7.03. The van der Waals surface area contributed by atoms with Crippen molar-refractivity contribution in [2.75, 3.05) is 13.6 Å². The van der Waals surface area contributed by atoms with Crippen LogP contribution >= 0.6 is 7.92 Å². The molecule has 0 N–H and O–H groups in total. The van der Waals surface area contributed by atoms with Crippen molar-refractivity contribution in [3.05, 3.63) is 127 Å². The molecule has 150 valence electrons. The Morgan fingerprint density at radius 3 is 1.77 bits per heavy atom. The normalized spacial score (nSPS) is 12.2. The number of likely N-dealkylation sites (N-methyl/N-ethyl adjacent to an activating group) is 1. The molecule has 0 radical (unpaired) electrons. The molecule has 0 spiro atoms. The molecule has 4 aromatic rings. The van der Waals surface area contributed by atoms with E-state index >= 15 is 0 Å². The van der Waals surface area contributed by atoms with Crippen LogP contribution in [-0.4, -0.2) is 23.5 Å². The molecule has 3 aromatic carbocycles. The predicted molar refractivity (Wildman–Crippen MR) is 129 cm³/mol. The van der Waals surface area contributed by atoms with Gasteiger partial charge in [-0.1, -0.05) is 97.1 Å². The minimum absolute atomic E-state index is 0.287. The van der Waals surface area contributed by atoms with Crippen molar-refractivity contribution in [3.63, 3.8) is 0 Å². The SMILES string of the molecule is CN(CCc1ccccn1)C(c1ccccc1)P(c1ccccc1)c1ccccc1. The first kappa shape index (κ1) is 20.5. The van der Waals surface area contributed by atoms with Crippen LogP contribution in [-0.2, 0) is 6.42 Å². The zero-order valence-corrected chi connectivity index (χ0v) is 18.2. The maximum absolute atomic E-state index is 4.52. The summed E-state index contributed by atoms with van der Waals surface area (Å²) in [4.78, 5) is 7.03. The smallest absolute Gasteiger partial charge is 0.0628 e. The zero-order valence-electron chi connectivity index (χ0n) is 17.3. The van der Waals surface area contributed by atoms with Crippen molar-refractivity contribution in [2.45, 2.75) is 12.2 Å². The summed E-state index contributed by atoms with van der Waals surface area (Å²) in [6, 6.07) is 39.0. The molecule has 30 heavy (non-hydrogen) atoms. The van der Waals surface area contributed by atoms with E-state index in [4.69, 9.17) is 0 Å². The minimum Gasteiger partial charge on any atom is -0.295 e. The number of benzene rings is 3. The molecule has 0 saturated heterocycles. The van der Waals surface area contributed by atoms with Gasteiger partial charge < -0.3 is 0 Å². The highest BCUT2D eigenvalue weighted by atomic mass is 31.1. The van der Waals surface area contributed by atoms with E-state index in [-0.39, 0.29) is 5.78 Å². The van der Waals surface area contributed by atoms with Gasteiger partial charge in [-0.3, -0.25) is 9.88 Å². The average molecular weight is 411 g/mol. The molecule has 0 bridgehead atoms. The van der Waals surface area contributed by atoms with Crippen molar-refractivity contribution in [2.24, 2.45) is 0 Å². The summed E-state index contributed by atoms with van der Waals surface area (Å²) in [5.74, 6) is 0.287. The van der Waals surface area contributed by atoms with Gasteiger partial charge in [-0.2, -0.15) is 0 Å². The highest BCUT2D eigenvalue weighted by Gasteiger charge is 2.29. The second kappa shape index (κ2) is 10.3. The van der Waals surface area contributed by atoms with E-state index in [9.17, 15) is 0 Å². The van der Waals surface area contributed by atoms with E-state index in [0.717, 1.165) is 18.7 Å². The maximum Gasteiger partial charge on any atom is 0.0628 e. The maximum atomic E-state index is 4.52. The minimum atomic E-state index is -0.605. The Labute approximate surface area is 181 Å². The average Bonchev–Trinajstić information content (AvgIpc) is 2.83. The third kappa shape index (κ3) is 5.02. The van der Waals surface area contributed by atoms with Gasteiger partial charge in [-0.25, -0.2) is 0 Å². The molecule has 0 amide bonds. The van der Waals surface area contributed by atoms with Crippen molar-refractivity contribution in [1.82, 2.24) is 9.88 Å². The summed E-state index contributed by atoms with van der Waals surface area (Å²) >= 11 is 0. The van der Waals surface area contributed by atoms with E-state index < -0.39 is 7.92 Å². The molecule has 0 aliphatic carbocycles. The highest BCUT2D eigenvalue weighted by molar-refractivity contribution is 7.73. The molecule has 1 aromatic heterocycles. The van der Waals surface area contributed by atoms with Gasteiger partial charge in [0.2, 0.25) is 0 Å². The lowest BCUT2D eigenvalue weighted by molar-refractivity contribution is 0.318. The lowest BCUT2D eigenvalue weighted by Crippen LogP contribution is -2.31. The monoisotopic (exact) mass is 410 g/mol. The van der Waals surface area contributed by atoms with Crippen LogP contribution in [0.1, 0.15) is 17.0 Å². The predicted octanol–water partition coefficient (Wildman–Crippen LogP) is 5.39. The van der Waals surface area contributed by atoms with Crippen LogP contribution in [0.15, 0.2) is 115 Å². The van der Waals surface area contributed by atoms with Gasteiger partial charge in [-0.15, -0.1) is 0 Å². The quantitative estimate of drug-likeness (QED) is 0.362. The summed E-state index contributed by atoms with van der Waals surface area (Å²) < 4.78 is 0. The van der Waals surface area contributed by atoms with Gasteiger partial charge in [-0.05, 0) is 43.3 Å². The number of aromatic nitrogens is 1. The fourth-order valence-corrected chi connectivity index (χ4v) is 6.62. The molecule has 1 atom stereocenters. The second-order valence-electron chi connectivity index (χ2n) is 7.38. The first-order valence-corrected chi connectivity index (χ1v) is 11.8. The standard InChI is InChI=1S/C27H27N2P/c1-29(22-20-24-15-11-12-21-28-24)27(23-13-5-2-6-14-23)30(25-16-7-3-8-17-25)26-18-9-4-10-19-26/h2-19,21,27H,20,22H2,1H3. The summed E-state index contributed by atoms with van der Waals surface area (Å²) in [6.45, 7) is 0.953. The van der Waals surface area contributed by atoms with Crippen LogP contribution in [0.5, 0.6) is 0 Å². The molecule has 3 heteroatoms. The van der Waals surface area contributed by atoms with Crippen LogP contribution in [0.25, 0.3) is 0 Å². The molecule has 0 saturated carbocycles. The van der Waals surface area contributed by atoms with Gasteiger partial charge in [0.05, 0.1) is 5.78 Å². The first-order chi connectivity index (χ1) is 14.8. The number of nitrogens with zero attached hydrogens (tertiary/aromatic N) is 2. The van der Waals surface area contributed by atoms with Crippen LogP contribution in [0.2, 0.25) is 0 Å². The molecule has 2 nitrogen and oxygen atoms in total. The molecule has 1 heterocycles. The number of rotatable bonds is 8. The summed E-state index contributed by atoms with van der Waals surface area (Å²) in [6.07, 6.45) is 2.82. The fraction of sp³-hybridized carbons (Fsp3) is 0.148. The van der Waals surface area contributed by atoms with Gasteiger partial charge in [0, 0.05) is 24.9 Å². The van der Waals surface area contributed by atoms with Crippen LogP contribution in [0.3, 0.4) is 0 Å². The number of hydrogen-bond acceptors (Lipinski definition) is 2. The van der Waals surface area contributed by atoms with E-state index in [0.29, 0.717) is 0 Å². The molecule has 0 fully saturated rings. The summed E-state index contributed by atoms with van der Waals surface area (Å²) in [7, 11) is 1.65. The van der Waals surface area contributed by atoms with Gasteiger partial charge in [0.1, 0.15) is 0 Å². The second-order valence-corrected chi connectivity index (χ2v) is 9.64. The topological polar surface area (TPSA) is 16.1 Å². The third-order valence-corrected chi connectivity index (χ3v) is 8.17. The lowest BCUT2D eigenvalue weighted by atomic mass is 10.2. The Hall–Kier alpha value is -2.80. The van der Waals surface area contributed by atoms with Crippen molar-refractivity contribution in [3.8, 4) is 0 Å². The molecule has 1 unspecified atom stereocenters. The zero-order chi connectivity index (χ0) is 20.6. The first-order valence-electron chi connectivity index (χ1n) is 10.4. The van der Waals surface area contributed by atoms with Crippen LogP contribution in [0, 0.1) is 0 Å². The van der Waals surface area contributed by atoms with Crippen molar-refractivity contribution >= 4 is 18.5 Å². The summed E-state index contributed by atoms with van der Waals surface area (Å²) in [5.41, 5.74) is 2.50. The molecular weight excluding hydrogens is 383 g/mol. The molecule has 0 aliphatic rings. The Bertz CT molecular complexity index is 968. The van der Waals surface area contributed by atoms with Crippen molar-refractivity contribution in [1.29, 1.82) is 0 Å². The number of hydrogen-bond donors (Lipinski definition) is 0. The van der Waals surface area contributed by atoms with E-state index in [1.807, 2.05) is 12.3 Å². The third-order valence-electron chi connectivity index (χ3n) is 5.28. The lowest BCUT2D eigenvalue weighted by Gasteiger charge is -2.36. The number of pyridine rings is 1. The van der Waals surface area contributed by atoms with Crippen LogP contribution < -0.4 is 10.6 Å². The van der Waals surface area contributed by atoms with Gasteiger partial charge in [0.25, 0.3) is 0 Å². The van der Waals surface area contributed by atoms with E-state index in [1.165, 1.54) is 16.2 Å². The van der Waals surface area contributed by atoms with Gasteiger partial charge in [0.15, 0.2) is 0 Å². The molecular formula is C27H27N2P. The van der Waals surface area contributed by atoms with E-state index in [2.05, 4.69) is 120 Å². The van der Waals surface area contributed by atoms with Crippen LogP contribution in [0.4, 0.5) is 0 Å². The Morgan fingerprint density at radius 2 is 1.23 bits per heavy atom. The largest absolute Gasteiger partial charge is 0.295 e. The fourth-order valence-electron chi connectivity index (χ4n) is 3.79. The summed E-state index contributed by atoms with van der Waals surface area (Å²) in [5, 5.41) is 2.80. The Balaban J connectivity index is 1.72.